The van der Waals surface area contributed by atoms with Gasteiger partial charge in [-0.05, 0) is 22.0 Å². The van der Waals surface area contributed by atoms with Crippen LogP contribution < -0.4 is 0 Å². The lowest BCUT2D eigenvalue weighted by molar-refractivity contribution is -0.137. The lowest BCUT2D eigenvalue weighted by Crippen LogP contribution is -2.08. The monoisotopic (exact) mass is 250 g/mol. The maximum absolute atomic E-state index is 12.2. The quantitative estimate of drug-likeness (QED) is 0.664. The van der Waals surface area contributed by atoms with E-state index in [-0.39, 0.29) is 4.60 Å². The van der Waals surface area contributed by atoms with E-state index < -0.39 is 17.3 Å². The minimum Gasteiger partial charge on any atom is -0.248 e. The van der Waals surface area contributed by atoms with Crippen molar-refractivity contribution in [1.82, 2.24) is 4.98 Å². The predicted octanol–water partition coefficient (Wildman–Crippen LogP) is 2.73. The Hall–Kier alpha value is -1.09. The van der Waals surface area contributed by atoms with Crippen molar-refractivity contribution in [2.45, 2.75) is 6.18 Å². The second-order valence-corrected chi connectivity index (χ2v) is 2.89. The van der Waals surface area contributed by atoms with Gasteiger partial charge in [-0.2, -0.15) is 18.4 Å². The van der Waals surface area contributed by atoms with Gasteiger partial charge in [0.15, 0.2) is 0 Å². The Labute approximate surface area is 80.1 Å². The van der Waals surface area contributed by atoms with Crippen molar-refractivity contribution in [2.75, 3.05) is 0 Å². The topological polar surface area (TPSA) is 36.7 Å². The van der Waals surface area contributed by atoms with E-state index in [9.17, 15) is 13.2 Å². The standard InChI is InChI=1S/C7H2BrF3N2/c8-6-4(3-12)5(1-2-13-6)7(9,10)11/h1-2H. The summed E-state index contributed by atoms with van der Waals surface area (Å²) in [6.45, 7) is 0. The van der Waals surface area contributed by atoms with Crippen molar-refractivity contribution >= 4 is 15.9 Å². The van der Waals surface area contributed by atoms with E-state index in [0.29, 0.717) is 0 Å². The van der Waals surface area contributed by atoms with Gasteiger partial charge in [-0.1, -0.05) is 0 Å². The zero-order valence-electron chi connectivity index (χ0n) is 6.06. The Kier molecular flexibility index (Phi) is 2.57. The molecular weight excluding hydrogens is 249 g/mol. The molecule has 0 atom stereocenters. The highest BCUT2D eigenvalue weighted by Gasteiger charge is 2.34. The molecule has 0 fully saturated rings. The van der Waals surface area contributed by atoms with E-state index in [1.807, 2.05) is 0 Å². The van der Waals surface area contributed by atoms with Gasteiger partial charge in [0.05, 0.1) is 11.1 Å². The van der Waals surface area contributed by atoms with Crippen molar-refractivity contribution in [1.29, 1.82) is 5.26 Å². The van der Waals surface area contributed by atoms with E-state index in [2.05, 4.69) is 20.9 Å². The molecule has 2 nitrogen and oxygen atoms in total. The number of nitrogens with zero attached hydrogens (tertiary/aromatic N) is 2. The lowest BCUT2D eigenvalue weighted by atomic mass is 10.1. The van der Waals surface area contributed by atoms with Crippen molar-refractivity contribution in [3.05, 3.63) is 28.0 Å². The van der Waals surface area contributed by atoms with Gasteiger partial charge in [-0.15, -0.1) is 0 Å². The Morgan fingerprint density at radius 2 is 2.08 bits per heavy atom. The molecule has 0 saturated heterocycles. The molecular formula is C7H2BrF3N2. The summed E-state index contributed by atoms with van der Waals surface area (Å²) in [5, 5.41) is 8.44. The molecule has 1 heterocycles. The van der Waals surface area contributed by atoms with Crippen LogP contribution in [0.1, 0.15) is 11.1 Å². The molecule has 0 N–H and O–H groups in total. The van der Waals surface area contributed by atoms with Crippen LogP contribution in [0.3, 0.4) is 0 Å². The third-order valence-electron chi connectivity index (χ3n) is 1.32. The summed E-state index contributed by atoms with van der Waals surface area (Å²) < 4.78 is 36.6. The van der Waals surface area contributed by atoms with Crippen LogP contribution in [0.25, 0.3) is 0 Å². The summed E-state index contributed by atoms with van der Waals surface area (Å²) in [5.41, 5.74) is -1.47. The summed E-state index contributed by atoms with van der Waals surface area (Å²) in [7, 11) is 0. The number of halogens is 4. The molecule has 0 aliphatic rings. The minimum atomic E-state index is -4.52. The Morgan fingerprint density at radius 1 is 1.46 bits per heavy atom. The summed E-state index contributed by atoms with van der Waals surface area (Å²) in [4.78, 5) is 3.52. The van der Waals surface area contributed by atoms with E-state index in [1.165, 1.54) is 6.07 Å². The summed E-state index contributed by atoms with van der Waals surface area (Å²) in [6, 6.07) is 2.21. The fourth-order valence-electron chi connectivity index (χ4n) is 0.779. The first-order chi connectivity index (χ1) is 5.96. The van der Waals surface area contributed by atoms with Crippen LogP contribution in [0.4, 0.5) is 13.2 Å². The largest absolute Gasteiger partial charge is 0.417 e. The number of aromatic nitrogens is 1. The van der Waals surface area contributed by atoms with Crippen LogP contribution in [0, 0.1) is 11.3 Å². The van der Waals surface area contributed by atoms with Gasteiger partial charge in [-0.25, -0.2) is 4.98 Å². The first-order valence-electron chi connectivity index (χ1n) is 3.08. The van der Waals surface area contributed by atoms with Gasteiger partial charge >= 0.3 is 6.18 Å². The van der Waals surface area contributed by atoms with Crippen LogP contribution >= 0.6 is 15.9 Å². The third kappa shape index (κ3) is 1.98. The zero-order chi connectivity index (χ0) is 10.1. The summed E-state index contributed by atoms with van der Waals surface area (Å²) in [6.07, 6.45) is -3.52. The van der Waals surface area contributed by atoms with Crippen LogP contribution in [-0.2, 0) is 6.18 Å². The number of hydrogen-bond acceptors (Lipinski definition) is 2. The molecule has 13 heavy (non-hydrogen) atoms. The molecule has 0 aliphatic carbocycles. The highest BCUT2D eigenvalue weighted by atomic mass is 79.9. The normalized spacial score (nSPS) is 11.0. The van der Waals surface area contributed by atoms with Gasteiger partial charge in [0.25, 0.3) is 0 Å². The van der Waals surface area contributed by atoms with E-state index >= 15 is 0 Å². The molecule has 1 aromatic rings. The van der Waals surface area contributed by atoms with Crippen LogP contribution in [0.2, 0.25) is 0 Å². The molecule has 0 amide bonds. The van der Waals surface area contributed by atoms with Crippen LogP contribution in [0.15, 0.2) is 16.9 Å². The van der Waals surface area contributed by atoms with Gasteiger partial charge in [0.1, 0.15) is 10.7 Å². The number of alkyl halides is 3. The van der Waals surface area contributed by atoms with E-state index in [4.69, 9.17) is 5.26 Å². The summed E-state index contributed by atoms with van der Waals surface area (Å²) in [5.74, 6) is 0. The highest BCUT2D eigenvalue weighted by Crippen LogP contribution is 2.33. The maximum Gasteiger partial charge on any atom is 0.417 e. The third-order valence-corrected chi connectivity index (χ3v) is 1.92. The first-order valence-corrected chi connectivity index (χ1v) is 3.88. The molecule has 1 rings (SSSR count). The highest BCUT2D eigenvalue weighted by molar-refractivity contribution is 9.10. The molecule has 0 aliphatic heterocycles. The lowest BCUT2D eigenvalue weighted by Gasteiger charge is -2.07. The Balaban J connectivity index is 3.40. The molecule has 0 bridgehead atoms. The number of rotatable bonds is 0. The molecule has 0 aromatic carbocycles. The van der Waals surface area contributed by atoms with Crippen molar-refractivity contribution in [3.63, 3.8) is 0 Å². The fraction of sp³-hybridized carbons (Fsp3) is 0.143. The second-order valence-electron chi connectivity index (χ2n) is 2.13. The molecule has 0 unspecified atom stereocenters. The van der Waals surface area contributed by atoms with E-state index in [0.717, 1.165) is 12.3 Å². The van der Waals surface area contributed by atoms with Gasteiger partial charge in [0.2, 0.25) is 0 Å². The van der Waals surface area contributed by atoms with Gasteiger partial charge < -0.3 is 0 Å². The van der Waals surface area contributed by atoms with Gasteiger partial charge in [0, 0.05) is 6.20 Å². The second kappa shape index (κ2) is 3.34. The number of nitriles is 1. The Morgan fingerprint density at radius 3 is 2.46 bits per heavy atom. The predicted molar refractivity (Wildman–Crippen MR) is 41.7 cm³/mol. The van der Waals surface area contributed by atoms with Crippen LogP contribution in [-0.4, -0.2) is 4.98 Å². The van der Waals surface area contributed by atoms with E-state index in [1.54, 1.807) is 0 Å². The van der Waals surface area contributed by atoms with Gasteiger partial charge in [-0.3, -0.25) is 0 Å². The smallest absolute Gasteiger partial charge is 0.248 e. The SMILES string of the molecule is N#Cc1c(C(F)(F)F)ccnc1Br. The zero-order valence-corrected chi connectivity index (χ0v) is 7.65. The summed E-state index contributed by atoms with van der Waals surface area (Å²) >= 11 is 2.77. The average Bonchev–Trinajstić information content (AvgIpc) is 2.02. The first kappa shape index (κ1) is 9.99. The molecule has 1 aromatic heterocycles. The molecule has 0 spiro atoms. The van der Waals surface area contributed by atoms with Crippen LogP contribution in [0.5, 0.6) is 0 Å². The Bertz CT molecular complexity index is 367. The van der Waals surface area contributed by atoms with Crippen molar-refractivity contribution in [2.24, 2.45) is 0 Å². The minimum absolute atomic E-state index is 0.0928. The molecule has 68 valence electrons. The molecule has 0 radical (unpaired) electrons. The average molecular weight is 251 g/mol. The molecule has 6 heteroatoms. The maximum atomic E-state index is 12.2. The van der Waals surface area contributed by atoms with Crippen molar-refractivity contribution in [3.8, 4) is 6.07 Å². The van der Waals surface area contributed by atoms with Crippen molar-refractivity contribution < 1.29 is 13.2 Å². The number of pyridine rings is 1. The molecule has 0 saturated carbocycles. The number of hydrogen-bond donors (Lipinski definition) is 0. The fourth-order valence-corrected chi connectivity index (χ4v) is 1.20.